The Hall–Kier alpha value is -1.23. The molecule has 0 atom stereocenters. The maximum atomic E-state index is 10.6. The molecule has 2 N–H and O–H groups in total. The number of anilines is 2. The second-order valence-corrected chi connectivity index (χ2v) is 4.99. The Morgan fingerprint density at radius 1 is 1.53 bits per heavy atom. The number of nitrogens with zero attached hydrogens (tertiary/aromatic N) is 1. The summed E-state index contributed by atoms with van der Waals surface area (Å²) in [7, 11) is 0. The smallest absolute Gasteiger partial charge is 0.305 e. The third-order valence-corrected chi connectivity index (χ3v) is 3.31. The van der Waals surface area contributed by atoms with Crippen molar-refractivity contribution in [3.63, 3.8) is 0 Å². The zero-order valence-electron chi connectivity index (χ0n) is 9.45. The highest BCUT2D eigenvalue weighted by Crippen LogP contribution is 2.31. The molecule has 2 rings (SSSR count). The fourth-order valence-corrected chi connectivity index (χ4v) is 2.36. The Bertz CT molecular complexity index is 423. The third-order valence-electron chi connectivity index (χ3n) is 2.82. The van der Waals surface area contributed by atoms with Gasteiger partial charge in [-0.1, -0.05) is 15.9 Å². The Labute approximate surface area is 109 Å². The molecule has 0 fully saturated rings. The number of rotatable bonds is 3. The average molecular weight is 299 g/mol. The van der Waals surface area contributed by atoms with Crippen molar-refractivity contribution >= 4 is 33.3 Å². The van der Waals surface area contributed by atoms with Gasteiger partial charge in [0.1, 0.15) is 0 Å². The van der Waals surface area contributed by atoms with E-state index in [4.69, 9.17) is 5.11 Å². The lowest BCUT2D eigenvalue weighted by molar-refractivity contribution is -0.136. The zero-order chi connectivity index (χ0) is 12.3. The van der Waals surface area contributed by atoms with E-state index in [-0.39, 0.29) is 6.42 Å². The van der Waals surface area contributed by atoms with Crippen molar-refractivity contribution in [3.8, 4) is 0 Å². The van der Waals surface area contributed by atoms with Crippen LogP contribution in [-0.2, 0) is 4.79 Å². The van der Waals surface area contributed by atoms with Gasteiger partial charge in [-0.2, -0.15) is 0 Å². The van der Waals surface area contributed by atoms with E-state index < -0.39 is 5.97 Å². The molecule has 1 aromatic rings. The van der Waals surface area contributed by atoms with E-state index in [2.05, 4.69) is 26.1 Å². The third kappa shape index (κ3) is 3.12. The first kappa shape index (κ1) is 12.2. The van der Waals surface area contributed by atoms with E-state index in [0.29, 0.717) is 6.54 Å². The van der Waals surface area contributed by atoms with Crippen LogP contribution in [0.15, 0.2) is 22.7 Å². The number of aliphatic carboxylic acids is 1. The Balaban J connectivity index is 2.20. The van der Waals surface area contributed by atoms with Crippen LogP contribution in [0.3, 0.4) is 0 Å². The van der Waals surface area contributed by atoms with Gasteiger partial charge in [0.15, 0.2) is 0 Å². The summed E-state index contributed by atoms with van der Waals surface area (Å²) in [4.78, 5) is 12.8. The van der Waals surface area contributed by atoms with Crippen LogP contribution in [0.5, 0.6) is 0 Å². The van der Waals surface area contributed by atoms with E-state index in [9.17, 15) is 4.79 Å². The van der Waals surface area contributed by atoms with Crippen LogP contribution in [0.4, 0.5) is 11.4 Å². The molecule has 92 valence electrons. The Morgan fingerprint density at radius 3 is 3.12 bits per heavy atom. The van der Waals surface area contributed by atoms with Crippen LogP contribution >= 0.6 is 15.9 Å². The van der Waals surface area contributed by atoms with Crippen molar-refractivity contribution in [3.05, 3.63) is 22.7 Å². The molecule has 0 aromatic heterocycles. The van der Waals surface area contributed by atoms with Crippen LogP contribution in [0.2, 0.25) is 0 Å². The summed E-state index contributed by atoms with van der Waals surface area (Å²) >= 11 is 3.45. The molecule has 5 heteroatoms. The summed E-state index contributed by atoms with van der Waals surface area (Å²) in [5, 5.41) is 12.1. The molecule has 0 amide bonds. The highest BCUT2D eigenvalue weighted by atomic mass is 79.9. The SMILES string of the molecule is O=C(O)CCN1CCCNc2cc(Br)ccc21. The average Bonchev–Trinajstić information content (AvgIpc) is 2.48. The Morgan fingerprint density at radius 2 is 2.35 bits per heavy atom. The summed E-state index contributed by atoms with van der Waals surface area (Å²) < 4.78 is 1.03. The molecule has 1 heterocycles. The maximum Gasteiger partial charge on any atom is 0.305 e. The van der Waals surface area contributed by atoms with Gasteiger partial charge < -0.3 is 15.3 Å². The largest absolute Gasteiger partial charge is 0.481 e. The van der Waals surface area contributed by atoms with Crippen LogP contribution in [0.25, 0.3) is 0 Å². The molecule has 0 spiro atoms. The topological polar surface area (TPSA) is 52.6 Å². The summed E-state index contributed by atoms with van der Waals surface area (Å²) in [5.74, 6) is -0.749. The van der Waals surface area contributed by atoms with Gasteiger partial charge in [0.25, 0.3) is 0 Å². The molecule has 17 heavy (non-hydrogen) atoms. The standard InChI is InChI=1S/C12H15BrN2O2/c13-9-2-3-11-10(8-9)14-5-1-6-15(11)7-4-12(16)17/h2-3,8,14H,1,4-7H2,(H,16,17). The predicted octanol–water partition coefficient (Wildman–Crippen LogP) is 2.55. The van der Waals surface area contributed by atoms with Gasteiger partial charge in [0, 0.05) is 24.1 Å². The predicted molar refractivity (Wildman–Crippen MR) is 71.7 cm³/mol. The number of fused-ring (bicyclic) bond motifs is 1. The first-order valence-corrected chi connectivity index (χ1v) is 6.46. The van der Waals surface area contributed by atoms with Crippen molar-refractivity contribution in [2.75, 3.05) is 29.9 Å². The normalized spacial score (nSPS) is 14.8. The van der Waals surface area contributed by atoms with Crippen molar-refractivity contribution in [1.82, 2.24) is 0 Å². The van der Waals surface area contributed by atoms with Gasteiger partial charge in [0.2, 0.25) is 0 Å². The monoisotopic (exact) mass is 298 g/mol. The second-order valence-electron chi connectivity index (χ2n) is 4.07. The molecule has 1 aliphatic rings. The molecule has 0 saturated heterocycles. The Kier molecular flexibility index (Phi) is 3.89. The van der Waals surface area contributed by atoms with Crippen molar-refractivity contribution < 1.29 is 9.90 Å². The molecule has 4 nitrogen and oxygen atoms in total. The van der Waals surface area contributed by atoms with Crippen LogP contribution in [0.1, 0.15) is 12.8 Å². The van der Waals surface area contributed by atoms with Gasteiger partial charge in [-0.25, -0.2) is 0 Å². The van der Waals surface area contributed by atoms with Crippen molar-refractivity contribution in [1.29, 1.82) is 0 Å². The summed E-state index contributed by atoms with van der Waals surface area (Å²) in [5.41, 5.74) is 2.16. The van der Waals surface area contributed by atoms with Crippen molar-refractivity contribution in [2.45, 2.75) is 12.8 Å². The van der Waals surface area contributed by atoms with Gasteiger partial charge in [-0.3, -0.25) is 4.79 Å². The lowest BCUT2D eigenvalue weighted by Crippen LogP contribution is -2.26. The first-order chi connectivity index (χ1) is 8.16. The summed E-state index contributed by atoms with van der Waals surface area (Å²) in [6, 6.07) is 6.05. The molecular formula is C12H15BrN2O2. The number of carboxylic acids is 1. The van der Waals surface area contributed by atoms with Gasteiger partial charge in [-0.15, -0.1) is 0 Å². The minimum atomic E-state index is -0.749. The van der Waals surface area contributed by atoms with Crippen LogP contribution in [-0.4, -0.2) is 30.7 Å². The number of nitrogens with one attached hydrogen (secondary N) is 1. The maximum absolute atomic E-state index is 10.6. The van der Waals surface area contributed by atoms with Gasteiger partial charge in [-0.05, 0) is 24.6 Å². The lowest BCUT2D eigenvalue weighted by Gasteiger charge is -2.23. The highest BCUT2D eigenvalue weighted by molar-refractivity contribution is 9.10. The van der Waals surface area contributed by atoms with Crippen molar-refractivity contribution in [2.24, 2.45) is 0 Å². The minimum absolute atomic E-state index is 0.176. The van der Waals surface area contributed by atoms with Gasteiger partial charge in [0.05, 0.1) is 17.8 Å². The number of hydrogen-bond acceptors (Lipinski definition) is 3. The van der Waals surface area contributed by atoms with E-state index in [0.717, 1.165) is 35.4 Å². The van der Waals surface area contributed by atoms with Gasteiger partial charge >= 0.3 is 5.97 Å². The van der Waals surface area contributed by atoms with Crippen LogP contribution < -0.4 is 10.2 Å². The lowest BCUT2D eigenvalue weighted by atomic mass is 10.2. The molecule has 0 bridgehead atoms. The minimum Gasteiger partial charge on any atom is -0.481 e. The van der Waals surface area contributed by atoms with E-state index >= 15 is 0 Å². The first-order valence-electron chi connectivity index (χ1n) is 5.67. The number of carbonyl (C=O) groups is 1. The number of halogens is 1. The number of benzene rings is 1. The fraction of sp³-hybridized carbons (Fsp3) is 0.417. The fourth-order valence-electron chi connectivity index (χ4n) is 2.00. The molecule has 1 aromatic carbocycles. The molecule has 0 aliphatic carbocycles. The van der Waals surface area contributed by atoms with E-state index in [1.165, 1.54) is 0 Å². The van der Waals surface area contributed by atoms with Crippen LogP contribution in [0, 0.1) is 0 Å². The second kappa shape index (κ2) is 5.40. The summed E-state index contributed by atoms with van der Waals surface area (Å²) in [6.45, 7) is 2.38. The van der Waals surface area contributed by atoms with E-state index in [1.54, 1.807) is 0 Å². The summed E-state index contributed by atoms with van der Waals surface area (Å²) in [6.07, 6.45) is 1.20. The molecule has 0 radical (unpaired) electrons. The highest BCUT2D eigenvalue weighted by Gasteiger charge is 2.15. The molecule has 0 unspecified atom stereocenters. The van der Waals surface area contributed by atoms with E-state index in [1.807, 2.05) is 18.2 Å². The molecule has 0 saturated carbocycles. The molecular weight excluding hydrogens is 284 g/mol. The quantitative estimate of drug-likeness (QED) is 0.900. The molecule has 1 aliphatic heterocycles. The number of hydrogen-bond donors (Lipinski definition) is 2. The number of carboxylic acid groups (broad SMARTS) is 1. The zero-order valence-corrected chi connectivity index (χ0v) is 11.0.